The minimum Gasteiger partial charge on any atom is -0.493 e. The molecule has 5 heteroatoms. The number of benzene rings is 2. The zero-order valence-electron chi connectivity index (χ0n) is 14.6. The number of thioether (sulfide) groups is 1. The van der Waals surface area contributed by atoms with Crippen molar-refractivity contribution in [3.8, 4) is 22.1 Å². The Bertz CT molecular complexity index is 845. The number of ether oxygens (including phenoxy) is 2. The van der Waals surface area contributed by atoms with E-state index in [0.717, 1.165) is 39.9 Å². The molecular formula is C20H21NO2S2. The molecule has 0 spiro atoms. The van der Waals surface area contributed by atoms with Gasteiger partial charge in [-0.2, -0.15) is 0 Å². The first kappa shape index (κ1) is 17.8. The van der Waals surface area contributed by atoms with E-state index in [1.165, 1.54) is 10.5 Å². The minimum atomic E-state index is 0.725. The average Bonchev–Trinajstić information content (AvgIpc) is 3.15. The van der Waals surface area contributed by atoms with Crippen LogP contribution in [0.5, 0.6) is 11.5 Å². The van der Waals surface area contributed by atoms with Crippen molar-refractivity contribution < 1.29 is 9.47 Å². The zero-order valence-corrected chi connectivity index (χ0v) is 16.2. The van der Waals surface area contributed by atoms with Gasteiger partial charge in [-0.3, -0.25) is 0 Å². The van der Waals surface area contributed by atoms with Gasteiger partial charge in [-0.1, -0.05) is 25.1 Å². The Labute approximate surface area is 157 Å². The summed E-state index contributed by atoms with van der Waals surface area (Å²) in [5.74, 6) is 2.33. The smallest absolute Gasteiger partial charge is 0.161 e. The summed E-state index contributed by atoms with van der Waals surface area (Å²) in [6.45, 7) is 2.19. The van der Waals surface area contributed by atoms with E-state index in [4.69, 9.17) is 14.5 Å². The third kappa shape index (κ3) is 4.17. The summed E-state index contributed by atoms with van der Waals surface area (Å²) in [7, 11) is 3.29. The van der Waals surface area contributed by atoms with Crippen molar-refractivity contribution >= 4 is 23.1 Å². The summed E-state index contributed by atoms with van der Waals surface area (Å²) in [5, 5.41) is 3.13. The van der Waals surface area contributed by atoms with E-state index in [1.807, 2.05) is 30.0 Å². The monoisotopic (exact) mass is 371 g/mol. The fraction of sp³-hybridized carbons (Fsp3) is 0.250. The van der Waals surface area contributed by atoms with Crippen LogP contribution in [0.1, 0.15) is 18.2 Å². The third-order valence-electron chi connectivity index (χ3n) is 3.91. The zero-order chi connectivity index (χ0) is 17.6. The van der Waals surface area contributed by atoms with Crippen LogP contribution in [-0.4, -0.2) is 19.2 Å². The van der Waals surface area contributed by atoms with Crippen molar-refractivity contribution in [2.75, 3.05) is 14.2 Å². The Morgan fingerprint density at radius 1 is 1.04 bits per heavy atom. The van der Waals surface area contributed by atoms with E-state index < -0.39 is 0 Å². The van der Waals surface area contributed by atoms with Gasteiger partial charge in [-0.15, -0.1) is 23.1 Å². The van der Waals surface area contributed by atoms with E-state index in [1.54, 1.807) is 25.6 Å². The van der Waals surface area contributed by atoms with Gasteiger partial charge >= 0.3 is 0 Å². The SMILES string of the molecule is CCc1ccccc1SCc1csc(-c2ccc(OC)c(OC)c2)n1. The van der Waals surface area contributed by atoms with Gasteiger partial charge in [0.25, 0.3) is 0 Å². The van der Waals surface area contributed by atoms with Gasteiger partial charge in [0.2, 0.25) is 0 Å². The van der Waals surface area contributed by atoms with Crippen LogP contribution in [0.4, 0.5) is 0 Å². The molecule has 0 saturated carbocycles. The van der Waals surface area contributed by atoms with Gasteiger partial charge in [0.1, 0.15) is 5.01 Å². The van der Waals surface area contributed by atoms with Gasteiger partial charge in [0, 0.05) is 21.6 Å². The minimum absolute atomic E-state index is 0.725. The van der Waals surface area contributed by atoms with Gasteiger partial charge in [0.15, 0.2) is 11.5 Å². The van der Waals surface area contributed by atoms with Gasteiger partial charge in [-0.25, -0.2) is 4.98 Å². The molecule has 0 aliphatic rings. The van der Waals surface area contributed by atoms with Crippen LogP contribution in [0.15, 0.2) is 52.7 Å². The lowest BCUT2D eigenvalue weighted by atomic mass is 10.2. The first-order chi connectivity index (χ1) is 12.2. The lowest BCUT2D eigenvalue weighted by molar-refractivity contribution is 0.355. The molecule has 3 aromatic rings. The molecule has 0 atom stereocenters. The Hall–Kier alpha value is -1.98. The molecule has 0 aliphatic carbocycles. The van der Waals surface area contributed by atoms with Crippen molar-refractivity contribution in [3.05, 3.63) is 59.1 Å². The maximum Gasteiger partial charge on any atom is 0.161 e. The van der Waals surface area contributed by atoms with Crippen LogP contribution in [-0.2, 0) is 12.2 Å². The van der Waals surface area contributed by atoms with Crippen molar-refractivity contribution in [2.24, 2.45) is 0 Å². The molecular weight excluding hydrogens is 350 g/mol. The number of aromatic nitrogens is 1. The standard InChI is InChI=1S/C20H21NO2S2/c1-4-14-7-5-6-8-19(14)24-12-16-13-25-20(21-16)15-9-10-17(22-2)18(11-15)23-3/h5-11,13H,4,12H2,1-3H3. The van der Waals surface area contributed by atoms with Gasteiger partial charge in [0.05, 0.1) is 19.9 Å². The first-order valence-corrected chi connectivity index (χ1v) is 9.99. The highest BCUT2D eigenvalue weighted by Crippen LogP contribution is 2.34. The molecule has 0 fully saturated rings. The fourth-order valence-electron chi connectivity index (χ4n) is 2.56. The van der Waals surface area contributed by atoms with Crippen LogP contribution in [0, 0.1) is 0 Å². The highest BCUT2D eigenvalue weighted by atomic mass is 32.2. The Morgan fingerprint density at radius 3 is 2.60 bits per heavy atom. The predicted octanol–water partition coefficient (Wildman–Crippen LogP) is 5.68. The van der Waals surface area contributed by atoms with Crippen LogP contribution in [0.25, 0.3) is 10.6 Å². The highest BCUT2D eigenvalue weighted by Gasteiger charge is 2.10. The molecule has 130 valence electrons. The number of thiazole rings is 1. The lowest BCUT2D eigenvalue weighted by Crippen LogP contribution is -1.91. The quantitative estimate of drug-likeness (QED) is 0.500. The van der Waals surface area contributed by atoms with Crippen LogP contribution in [0.2, 0.25) is 0 Å². The second kappa shape index (κ2) is 8.41. The number of nitrogens with zero attached hydrogens (tertiary/aromatic N) is 1. The maximum atomic E-state index is 5.38. The average molecular weight is 372 g/mol. The number of hydrogen-bond donors (Lipinski definition) is 0. The summed E-state index contributed by atoms with van der Waals surface area (Å²) in [6.07, 6.45) is 1.05. The Morgan fingerprint density at radius 2 is 1.84 bits per heavy atom. The summed E-state index contributed by atoms with van der Waals surface area (Å²) < 4.78 is 10.7. The Kier molecular flexibility index (Phi) is 6.00. The second-order valence-corrected chi connectivity index (χ2v) is 7.34. The van der Waals surface area contributed by atoms with E-state index in [2.05, 4.69) is 36.6 Å². The summed E-state index contributed by atoms with van der Waals surface area (Å²) in [5.41, 5.74) is 3.54. The molecule has 0 aliphatic heterocycles. The van der Waals surface area contributed by atoms with E-state index in [9.17, 15) is 0 Å². The number of hydrogen-bond acceptors (Lipinski definition) is 5. The molecule has 3 nitrogen and oxygen atoms in total. The third-order valence-corrected chi connectivity index (χ3v) is 6.00. The molecule has 25 heavy (non-hydrogen) atoms. The second-order valence-electron chi connectivity index (χ2n) is 5.46. The number of methoxy groups -OCH3 is 2. The van der Waals surface area contributed by atoms with Crippen molar-refractivity contribution in [2.45, 2.75) is 24.0 Å². The fourth-order valence-corrected chi connectivity index (χ4v) is 4.51. The van der Waals surface area contributed by atoms with Crippen molar-refractivity contribution in [3.63, 3.8) is 0 Å². The van der Waals surface area contributed by atoms with E-state index in [-0.39, 0.29) is 0 Å². The van der Waals surface area contributed by atoms with Crippen LogP contribution >= 0.6 is 23.1 Å². The Balaban J connectivity index is 1.74. The molecule has 0 radical (unpaired) electrons. The molecule has 0 unspecified atom stereocenters. The molecule has 1 heterocycles. The lowest BCUT2D eigenvalue weighted by Gasteiger charge is -2.08. The number of rotatable bonds is 7. The van der Waals surface area contributed by atoms with Crippen molar-refractivity contribution in [1.29, 1.82) is 0 Å². The first-order valence-electron chi connectivity index (χ1n) is 8.12. The van der Waals surface area contributed by atoms with Crippen molar-refractivity contribution in [1.82, 2.24) is 4.98 Å². The summed E-state index contributed by atoms with van der Waals surface area (Å²) in [6, 6.07) is 14.5. The molecule has 0 amide bonds. The topological polar surface area (TPSA) is 31.4 Å². The molecule has 0 N–H and O–H groups in total. The number of aryl methyl sites for hydroxylation is 1. The molecule has 2 aromatic carbocycles. The van der Waals surface area contributed by atoms with Crippen LogP contribution < -0.4 is 9.47 Å². The molecule has 1 aromatic heterocycles. The summed E-state index contributed by atoms with van der Waals surface area (Å²) >= 11 is 3.51. The normalized spacial score (nSPS) is 10.7. The largest absolute Gasteiger partial charge is 0.493 e. The van der Waals surface area contributed by atoms with Gasteiger partial charge < -0.3 is 9.47 Å². The predicted molar refractivity (Wildman–Crippen MR) is 106 cm³/mol. The summed E-state index contributed by atoms with van der Waals surface area (Å²) in [4.78, 5) is 6.12. The van der Waals surface area contributed by atoms with E-state index >= 15 is 0 Å². The van der Waals surface area contributed by atoms with Gasteiger partial charge in [-0.05, 0) is 36.2 Å². The highest BCUT2D eigenvalue weighted by molar-refractivity contribution is 7.98. The van der Waals surface area contributed by atoms with Crippen LogP contribution in [0.3, 0.4) is 0 Å². The molecule has 3 rings (SSSR count). The molecule has 0 saturated heterocycles. The molecule has 0 bridgehead atoms. The van der Waals surface area contributed by atoms with E-state index in [0.29, 0.717) is 0 Å². The maximum absolute atomic E-state index is 5.38.